The Balaban J connectivity index is 1.60. The van der Waals surface area contributed by atoms with Crippen molar-refractivity contribution in [3.8, 4) is 17.6 Å². The molecule has 1 unspecified atom stereocenters. The summed E-state index contributed by atoms with van der Waals surface area (Å²) < 4.78 is 10.6. The number of benzene rings is 2. The summed E-state index contributed by atoms with van der Waals surface area (Å²) in [5.74, 6) is 0.705. The summed E-state index contributed by atoms with van der Waals surface area (Å²) in [6.45, 7) is 1.27. The summed E-state index contributed by atoms with van der Waals surface area (Å²) in [5, 5.41) is 9.16. The maximum atomic E-state index is 13.0. The number of likely N-dealkylation sites (tertiary alicyclic amines) is 1. The van der Waals surface area contributed by atoms with Crippen LogP contribution in [-0.2, 0) is 22.6 Å². The van der Waals surface area contributed by atoms with Crippen molar-refractivity contribution in [1.29, 1.82) is 5.26 Å². The van der Waals surface area contributed by atoms with Crippen molar-refractivity contribution in [2.24, 2.45) is 5.92 Å². The molecule has 2 amide bonds. The number of nitrogens with zero attached hydrogens (tertiary/aromatic N) is 3. The van der Waals surface area contributed by atoms with Crippen LogP contribution in [0.4, 0.5) is 0 Å². The van der Waals surface area contributed by atoms with E-state index in [-0.39, 0.29) is 24.8 Å². The molecule has 0 saturated carbocycles. The van der Waals surface area contributed by atoms with Crippen LogP contribution in [0.25, 0.3) is 0 Å². The van der Waals surface area contributed by atoms with Crippen molar-refractivity contribution < 1.29 is 19.1 Å². The van der Waals surface area contributed by atoms with Crippen LogP contribution in [0.5, 0.6) is 11.5 Å². The van der Waals surface area contributed by atoms with E-state index >= 15 is 0 Å². The van der Waals surface area contributed by atoms with Crippen LogP contribution in [0.1, 0.15) is 17.5 Å². The average molecular weight is 421 g/mol. The number of carbonyl (C=O) groups is 2. The molecule has 0 spiro atoms. The molecule has 2 aromatic rings. The summed E-state index contributed by atoms with van der Waals surface area (Å²) in [6, 6.07) is 17.3. The van der Waals surface area contributed by atoms with Gasteiger partial charge in [-0.05, 0) is 29.7 Å². The minimum Gasteiger partial charge on any atom is -0.493 e. The molecule has 162 valence electrons. The highest BCUT2D eigenvalue weighted by Gasteiger charge is 2.36. The van der Waals surface area contributed by atoms with E-state index in [0.717, 1.165) is 11.1 Å². The number of nitriles is 1. The molecule has 1 aliphatic rings. The highest BCUT2D eigenvalue weighted by Crippen LogP contribution is 2.28. The molecule has 1 atom stereocenters. The molecule has 31 heavy (non-hydrogen) atoms. The Morgan fingerprint density at radius 3 is 2.55 bits per heavy atom. The molecular formula is C24H27N3O4. The Hall–Kier alpha value is -3.53. The molecule has 0 aromatic heterocycles. The zero-order valence-electron chi connectivity index (χ0n) is 17.9. The SMILES string of the molecule is COc1ccc(CCN2CC(C(=O)N(CC#N)Cc3ccccc3)CC2=O)cc1OC. The summed E-state index contributed by atoms with van der Waals surface area (Å²) in [5.41, 5.74) is 1.98. The molecule has 2 aromatic carbocycles. The lowest BCUT2D eigenvalue weighted by Gasteiger charge is -2.23. The standard InChI is InChI=1S/C24H27N3O4/c1-30-21-9-8-18(14-22(21)31-2)10-12-26-17-20(15-23(26)28)24(29)27(13-11-25)16-19-6-4-3-5-7-19/h3-9,14,20H,10,12-13,15-17H2,1-2H3. The van der Waals surface area contributed by atoms with Gasteiger partial charge >= 0.3 is 0 Å². The van der Waals surface area contributed by atoms with Crippen molar-refractivity contribution in [3.63, 3.8) is 0 Å². The van der Waals surface area contributed by atoms with Crippen molar-refractivity contribution in [2.75, 3.05) is 33.9 Å². The summed E-state index contributed by atoms with van der Waals surface area (Å²) in [4.78, 5) is 28.8. The second-order valence-corrected chi connectivity index (χ2v) is 7.52. The number of hydrogen-bond donors (Lipinski definition) is 0. The number of hydrogen-bond acceptors (Lipinski definition) is 5. The molecule has 7 nitrogen and oxygen atoms in total. The monoisotopic (exact) mass is 421 g/mol. The predicted octanol–water partition coefficient (Wildman–Crippen LogP) is 2.65. The van der Waals surface area contributed by atoms with Crippen molar-refractivity contribution in [2.45, 2.75) is 19.4 Å². The van der Waals surface area contributed by atoms with Crippen molar-refractivity contribution in [1.82, 2.24) is 9.80 Å². The summed E-state index contributed by atoms with van der Waals surface area (Å²) >= 11 is 0. The van der Waals surface area contributed by atoms with Crippen molar-refractivity contribution in [3.05, 3.63) is 59.7 Å². The van der Waals surface area contributed by atoms with Crippen LogP contribution in [0, 0.1) is 17.2 Å². The largest absolute Gasteiger partial charge is 0.493 e. The van der Waals surface area contributed by atoms with Crippen LogP contribution in [-0.4, -0.2) is 55.5 Å². The maximum Gasteiger partial charge on any atom is 0.229 e. The van der Waals surface area contributed by atoms with Gasteiger partial charge < -0.3 is 19.3 Å². The van der Waals surface area contributed by atoms with Crippen LogP contribution in [0.2, 0.25) is 0 Å². The van der Waals surface area contributed by atoms with E-state index in [1.165, 1.54) is 4.90 Å². The smallest absolute Gasteiger partial charge is 0.229 e. The highest BCUT2D eigenvalue weighted by molar-refractivity contribution is 5.89. The third kappa shape index (κ3) is 5.54. The second-order valence-electron chi connectivity index (χ2n) is 7.52. The molecule has 1 heterocycles. The van der Waals surface area contributed by atoms with E-state index in [4.69, 9.17) is 14.7 Å². The summed E-state index contributed by atoms with van der Waals surface area (Å²) in [6.07, 6.45) is 0.834. The van der Waals surface area contributed by atoms with Crippen LogP contribution in [0.3, 0.4) is 0 Å². The van der Waals surface area contributed by atoms with Gasteiger partial charge in [0, 0.05) is 26.1 Å². The Bertz CT molecular complexity index is 955. The van der Waals surface area contributed by atoms with E-state index in [1.807, 2.05) is 48.5 Å². The first-order chi connectivity index (χ1) is 15.0. The Morgan fingerprint density at radius 2 is 1.87 bits per heavy atom. The molecule has 7 heteroatoms. The fourth-order valence-electron chi connectivity index (χ4n) is 3.81. The van der Waals surface area contributed by atoms with Crippen LogP contribution >= 0.6 is 0 Å². The Morgan fingerprint density at radius 1 is 1.13 bits per heavy atom. The van der Waals surface area contributed by atoms with Crippen LogP contribution < -0.4 is 9.47 Å². The fraction of sp³-hybridized carbons (Fsp3) is 0.375. The Kier molecular flexibility index (Phi) is 7.50. The van der Waals surface area contributed by atoms with Gasteiger partial charge in [0.1, 0.15) is 6.54 Å². The van der Waals surface area contributed by atoms with Gasteiger partial charge in [0.15, 0.2) is 11.5 Å². The zero-order chi connectivity index (χ0) is 22.2. The fourth-order valence-corrected chi connectivity index (χ4v) is 3.81. The van der Waals surface area contributed by atoms with Gasteiger partial charge in [-0.1, -0.05) is 36.4 Å². The number of ether oxygens (including phenoxy) is 2. The first-order valence-electron chi connectivity index (χ1n) is 10.2. The van der Waals surface area contributed by atoms with Gasteiger partial charge in [-0.25, -0.2) is 0 Å². The lowest BCUT2D eigenvalue weighted by molar-refractivity contribution is -0.135. The Labute approximate surface area is 182 Å². The molecule has 0 radical (unpaired) electrons. The van der Waals surface area contributed by atoms with E-state index in [2.05, 4.69) is 6.07 Å². The predicted molar refractivity (Wildman–Crippen MR) is 115 cm³/mol. The third-order valence-electron chi connectivity index (χ3n) is 5.47. The third-order valence-corrected chi connectivity index (χ3v) is 5.47. The minimum atomic E-state index is -0.421. The minimum absolute atomic E-state index is 0.00403. The second kappa shape index (κ2) is 10.5. The molecule has 1 aliphatic heterocycles. The average Bonchev–Trinajstić information content (AvgIpc) is 3.17. The molecule has 1 saturated heterocycles. The number of methoxy groups -OCH3 is 2. The van der Waals surface area contributed by atoms with Gasteiger partial charge in [0.2, 0.25) is 11.8 Å². The van der Waals surface area contributed by atoms with Crippen LogP contribution in [0.15, 0.2) is 48.5 Å². The molecular weight excluding hydrogens is 394 g/mol. The highest BCUT2D eigenvalue weighted by atomic mass is 16.5. The van der Waals surface area contributed by atoms with Gasteiger partial charge in [0.05, 0.1) is 26.2 Å². The lowest BCUT2D eigenvalue weighted by atomic mass is 10.1. The molecule has 0 N–H and O–H groups in total. The number of carbonyl (C=O) groups excluding carboxylic acids is 2. The van der Waals surface area contributed by atoms with Crippen molar-refractivity contribution >= 4 is 11.8 Å². The normalized spacial score (nSPS) is 15.5. The topological polar surface area (TPSA) is 82.9 Å². The first kappa shape index (κ1) is 22.2. The maximum absolute atomic E-state index is 13.0. The van der Waals surface area contributed by atoms with E-state index in [9.17, 15) is 9.59 Å². The van der Waals surface area contributed by atoms with Gasteiger partial charge in [0.25, 0.3) is 0 Å². The van der Waals surface area contributed by atoms with Gasteiger partial charge in [-0.2, -0.15) is 5.26 Å². The molecule has 0 bridgehead atoms. The lowest BCUT2D eigenvalue weighted by Crippen LogP contribution is -2.37. The quantitative estimate of drug-likeness (QED) is 0.582. The number of amides is 2. The van der Waals surface area contributed by atoms with E-state index in [1.54, 1.807) is 19.1 Å². The summed E-state index contributed by atoms with van der Waals surface area (Å²) in [7, 11) is 3.18. The van der Waals surface area contributed by atoms with Gasteiger partial charge in [-0.15, -0.1) is 0 Å². The molecule has 3 rings (SSSR count). The zero-order valence-corrected chi connectivity index (χ0v) is 17.9. The molecule has 1 fully saturated rings. The van der Waals surface area contributed by atoms with E-state index in [0.29, 0.717) is 37.6 Å². The van der Waals surface area contributed by atoms with E-state index < -0.39 is 5.92 Å². The number of rotatable bonds is 9. The first-order valence-corrected chi connectivity index (χ1v) is 10.2. The molecule has 0 aliphatic carbocycles. The van der Waals surface area contributed by atoms with Gasteiger partial charge in [-0.3, -0.25) is 9.59 Å².